The second-order valence-electron chi connectivity index (χ2n) is 6.32. The standard InChI is InChI=1S/C17H19N3O2S/c1-2-10-6-8-20(9-7-10)17(22)14-18-15(21)13-11-4-3-5-12(11)23-16(13)19-14/h2,10H,1,3-9H2,(H,18,19,21). The van der Waals surface area contributed by atoms with Gasteiger partial charge in [0.2, 0.25) is 5.82 Å². The molecule has 23 heavy (non-hydrogen) atoms. The molecule has 0 unspecified atom stereocenters. The van der Waals surface area contributed by atoms with Crippen molar-refractivity contribution in [3.05, 3.63) is 39.3 Å². The Morgan fingerprint density at radius 3 is 2.87 bits per heavy atom. The summed E-state index contributed by atoms with van der Waals surface area (Å²) in [6, 6.07) is 0. The number of hydrogen-bond acceptors (Lipinski definition) is 4. The Bertz CT molecular complexity index is 843. The maximum absolute atomic E-state index is 12.6. The average Bonchev–Trinajstić information content (AvgIpc) is 3.14. The van der Waals surface area contributed by atoms with Gasteiger partial charge in [-0.25, -0.2) is 4.98 Å². The predicted molar refractivity (Wildman–Crippen MR) is 91.1 cm³/mol. The van der Waals surface area contributed by atoms with Crippen molar-refractivity contribution in [1.29, 1.82) is 0 Å². The normalized spacial score (nSPS) is 18.3. The van der Waals surface area contributed by atoms with Crippen LogP contribution in [-0.2, 0) is 12.8 Å². The van der Waals surface area contributed by atoms with Crippen LogP contribution in [0.15, 0.2) is 17.4 Å². The van der Waals surface area contributed by atoms with Gasteiger partial charge in [0.05, 0.1) is 5.39 Å². The Kier molecular flexibility index (Phi) is 3.56. The number of hydrogen-bond donors (Lipinski definition) is 1. The average molecular weight is 329 g/mol. The molecule has 0 bridgehead atoms. The molecule has 0 saturated carbocycles. The first kappa shape index (κ1) is 14.6. The number of piperidine rings is 1. The molecule has 0 atom stereocenters. The number of carbonyl (C=O) groups is 1. The van der Waals surface area contributed by atoms with Crippen molar-refractivity contribution in [2.45, 2.75) is 32.1 Å². The molecule has 3 heterocycles. The number of amides is 1. The van der Waals surface area contributed by atoms with Crippen molar-refractivity contribution in [2.75, 3.05) is 13.1 Å². The zero-order chi connectivity index (χ0) is 16.0. The number of likely N-dealkylation sites (tertiary alicyclic amines) is 1. The van der Waals surface area contributed by atoms with Gasteiger partial charge in [0.1, 0.15) is 4.83 Å². The van der Waals surface area contributed by atoms with Crippen LogP contribution >= 0.6 is 11.3 Å². The fourth-order valence-corrected chi connectivity index (χ4v) is 4.85. The summed E-state index contributed by atoms with van der Waals surface area (Å²) in [4.78, 5) is 36.0. The van der Waals surface area contributed by atoms with E-state index in [9.17, 15) is 9.59 Å². The van der Waals surface area contributed by atoms with E-state index in [0.29, 0.717) is 29.2 Å². The molecule has 5 nitrogen and oxygen atoms in total. The fraction of sp³-hybridized carbons (Fsp3) is 0.471. The third kappa shape index (κ3) is 2.41. The van der Waals surface area contributed by atoms with E-state index in [1.807, 2.05) is 6.08 Å². The van der Waals surface area contributed by atoms with E-state index < -0.39 is 0 Å². The van der Waals surface area contributed by atoms with Crippen molar-refractivity contribution in [1.82, 2.24) is 14.9 Å². The van der Waals surface area contributed by atoms with Crippen molar-refractivity contribution < 1.29 is 4.79 Å². The highest BCUT2D eigenvalue weighted by molar-refractivity contribution is 7.18. The van der Waals surface area contributed by atoms with Gasteiger partial charge in [-0.1, -0.05) is 6.08 Å². The number of allylic oxidation sites excluding steroid dienone is 1. The van der Waals surface area contributed by atoms with Gasteiger partial charge in [-0.2, -0.15) is 0 Å². The second-order valence-corrected chi connectivity index (χ2v) is 7.40. The minimum Gasteiger partial charge on any atom is -0.336 e. The van der Waals surface area contributed by atoms with Crippen molar-refractivity contribution >= 4 is 27.5 Å². The zero-order valence-electron chi connectivity index (χ0n) is 12.9. The summed E-state index contributed by atoms with van der Waals surface area (Å²) in [5, 5.41) is 0.699. The number of H-pyrrole nitrogens is 1. The first-order valence-electron chi connectivity index (χ1n) is 8.13. The van der Waals surface area contributed by atoms with Gasteiger partial charge >= 0.3 is 0 Å². The third-order valence-electron chi connectivity index (χ3n) is 4.94. The van der Waals surface area contributed by atoms with Crippen LogP contribution < -0.4 is 5.56 Å². The van der Waals surface area contributed by atoms with Gasteiger partial charge in [0.15, 0.2) is 0 Å². The lowest BCUT2D eigenvalue weighted by Crippen LogP contribution is -2.39. The van der Waals surface area contributed by atoms with Crippen LogP contribution in [0.1, 0.15) is 40.3 Å². The minimum absolute atomic E-state index is 0.167. The molecular weight excluding hydrogens is 310 g/mol. The smallest absolute Gasteiger partial charge is 0.289 e. The highest BCUT2D eigenvalue weighted by atomic mass is 32.1. The van der Waals surface area contributed by atoms with Gasteiger partial charge in [0, 0.05) is 18.0 Å². The summed E-state index contributed by atoms with van der Waals surface area (Å²) in [5.74, 6) is 0.494. The quantitative estimate of drug-likeness (QED) is 0.861. The van der Waals surface area contributed by atoms with Gasteiger partial charge < -0.3 is 9.88 Å². The molecule has 0 radical (unpaired) electrons. The number of nitrogens with zero attached hydrogens (tertiary/aromatic N) is 2. The van der Waals surface area contributed by atoms with Crippen molar-refractivity contribution in [3.63, 3.8) is 0 Å². The highest BCUT2D eigenvalue weighted by Crippen LogP contribution is 2.34. The molecule has 0 spiro atoms. The Hall–Kier alpha value is -1.95. The lowest BCUT2D eigenvalue weighted by atomic mass is 9.97. The van der Waals surface area contributed by atoms with Crippen molar-refractivity contribution in [2.24, 2.45) is 5.92 Å². The van der Waals surface area contributed by atoms with Crippen LogP contribution in [0.3, 0.4) is 0 Å². The number of rotatable bonds is 2. The van der Waals surface area contributed by atoms with Crippen LogP contribution in [0.25, 0.3) is 10.2 Å². The van der Waals surface area contributed by atoms with Crippen LogP contribution in [0.5, 0.6) is 0 Å². The SMILES string of the molecule is C=CC1CCN(C(=O)c2nc3sc4c(c3c(=O)[nH]2)CCC4)CC1. The molecule has 2 aromatic rings. The van der Waals surface area contributed by atoms with Crippen LogP contribution in [0, 0.1) is 5.92 Å². The molecule has 1 amide bonds. The summed E-state index contributed by atoms with van der Waals surface area (Å²) < 4.78 is 0. The van der Waals surface area contributed by atoms with Gasteiger partial charge in [-0.05, 0) is 43.6 Å². The van der Waals surface area contributed by atoms with Crippen LogP contribution in [0.4, 0.5) is 0 Å². The zero-order valence-corrected chi connectivity index (χ0v) is 13.7. The number of fused-ring (bicyclic) bond motifs is 3. The Morgan fingerprint density at radius 1 is 1.35 bits per heavy atom. The topological polar surface area (TPSA) is 66.1 Å². The molecule has 1 N–H and O–H groups in total. The lowest BCUT2D eigenvalue weighted by Gasteiger charge is -2.30. The molecule has 2 aromatic heterocycles. The maximum Gasteiger partial charge on any atom is 0.289 e. The van der Waals surface area contributed by atoms with E-state index in [0.717, 1.165) is 37.7 Å². The second kappa shape index (κ2) is 5.60. The molecule has 1 aliphatic carbocycles. The molecule has 2 aliphatic rings. The molecule has 1 saturated heterocycles. The molecule has 0 aromatic carbocycles. The molecular formula is C17H19N3O2S. The Labute approximate surface area is 138 Å². The van der Waals surface area contributed by atoms with Crippen LogP contribution in [0.2, 0.25) is 0 Å². The summed E-state index contributed by atoms with van der Waals surface area (Å²) in [6.07, 6.45) is 6.89. The Balaban J connectivity index is 1.66. The first-order valence-corrected chi connectivity index (χ1v) is 8.95. The first-order chi connectivity index (χ1) is 11.2. The monoisotopic (exact) mass is 329 g/mol. The molecule has 1 fully saturated rings. The van der Waals surface area contributed by atoms with Gasteiger partial charge in [-0.15, -0.1) is 17.9 Å². The molecule has 1 aliphatic heterocycles. The number of aromatic nitrogens is 2. The van der Waals surface area contributed by atoms with E-state index in [-0.39, 0.29) is 17.3 Å². The highest BCUT2D eigenvalue weighted by Gasteiger charge is 2.26. The lowest BCUT2D eigenvalue weighted by molar-refractivity contribution is 0.0693. The van der Waals surface area contributed by atoms with E-state index >= 15 is 0 Å². The number of aromatic amines is 1. The van der Waals surface area contributed by atoms with E-state index in [2.05, 4.69) is 16.5 Å². The fourth-order valence-electron chi connectivity index (χ4n) is 3.59. The van der Waals surface area contributed by atoms with Crippen LogP contribution in [-0.4, -0.2) is 33.9 Å². The number of nitrogens with one attached hydrogen (secondary N) is 1. The summed E-state index contributed by atoms with van der Waals surface area (Å²) in [7, 11) is 0. The molecule has 6 heteroatoms. The van der Waals surface area contributed by atoms with E-state index in [1.165, 1.54) is 4.88 Å². The molecule has 120 valence electrons. The van der Waals surface area contributed by atoms with E-state index in [1.54, 1.807) is 16.2 Å². The number of aryl methyl sites for hydroxylation is 2. The minimum atomic E-state index is -0.168. The number of thiophene rings is 1. The Morgan fingerprint density at radius 2 is 2.13 bits per heavy atom. The third-order valence-corrected chi connectivity index (χ3v) is 6.12. The molecule has 4 rings (SSSR count). The van der Waals surface area contributed by atoms with Gasteiger partial charge in [0.25, 0.3) is 11.5 Å². The summed E-state index contributed by atoms with van der Waals surface area (Å²) >= 11 is 1.57. The maximum atomic E-state index is 12.6. The summed E-state index contributed by atoms with van der Waals surface area (Å²) in [5.41, 5.74) is 0.975. The van der Waals surface area contributed by atoms with Gasteiger partial charge in [-0.3, -0.25) is 9.59 Å². The largest absolute Gasteiger partial charge is 0.336 e. The summed E-state index contributed by atoms with van der Waals surface area (Å²) in [6.45, 7) is 5.21. The van der Waals surface area contributed by atoms with E-state index in [4.69, 9.17) is 0 Å². The number of carbonyl (C=O) groups excluding carboxylic acids is 1. The van der Waals surface area contributed by atoms with Crippen molar-refractivity contribution in [3.8, 4) is 0 Å². The predicted octanol–water partition coefficient (Wildman–Crippen LogP) is 2.51.